The van der Waals surface area contributed by atoms with E-state index < -0.39 is 36.3 Å². The summed E-state index contributed by atoms with van der Waals surface area (Å²) in [6.07, 6.45) is 0. The molecular weight excluding hydrogens is 475 g/mol. The van der Waals surface area contributed by atoms with E-state index in [1.165, 1.54) is 12.1 Å². The van der Waals surface area contributed by atoms with Crippen molar-refractivity contribution in [2.24, 2.45) is 5.92 Å². The molecule has 0 radical (unpaired) electrons. The van der Waals surface area contributed by atoms with Crippen LogP contribution >= 0.6 is 23.2 Å². The van der Waals surface area contributed by atoms with Gasteiger partial charge in [-0.1, -0.05) is 23.2 Å². The summed E-state index contributed by atoms with van der Waals surface area (Å²) in [5.74, 6) is -4.72. The Bertz CT molecular complexity index is 994. The van der Waals surface area contributed by atoms with Crippen molar-refractivity contribution in [1.82, 2.24) is 5.32 Å². The van der Waals surface area contributed by atoms with E-state index in [1.54, 1.807) is 33.8 Å². The molecule has 2 rings (SSSR count). The topological polar surface area (TPSA) is 120 Å². The third-order valence-corrected chi connectivity index (χ3v) is 5.10. The number of carbonyl (C=O) groups is 4. The number of anilines is 1. The molecule has 0 aromatic heterocycles. The van der Waals surface area contributed by atoms with Crippen LogP contribution in [0.5, 0.6) is 0 Å². The molecule has 1 amide bonds. The molecule has 0 aliphatic carbocycles. The van der Waals surface area contributed by atoms with Crippen molar-refractivity contribution >= 4 is 52.7 Å². The van der Waals surface area contributed by atoms with Gasteiger partial charge in [-0.05, 0) is 45.9 Å². The number of nitrogens with one attached hydrogen (secondary N) is 2. The minimum atomic E-state index is -1.44. The van der Waals surface area contributed by atoms with Gasteiger partial charge in [-0.2, -0.15) is 0 Å². The second-order valence-electron chi connectivity index (χ2n) is 6.86. The molecule has 0 saturated carbocycles. The summed E-state index contributed by atoms with van der Waals surface area (Å²) in [4.78, 5) is 50.6. The molecule has 0 fully saturated rings. The van der Waals surface area contributed by atoms with Gasteiger partial charge in [-0.15, -0.1) is 0 Å². The van der Waals surface area contributed by atoms with Crippen molar-refractivity contribution in [2.75, 3.05) is 25.1 Å². The van der Waals surface area contributed by atoms with E-state index in [0.717, 1.165) is 0 Å². The molecule has 9 nitrogen and oxygen atoms in total. The quantitative estimate of drug-likeness (QED) is 0.413. The van der Waals surface area contributed by atoms with E-state index >= 15 is 0 Å². The summed E-state index contributed by atoms with van der Waals surface area (Å²) in [6, 6.07) is 4.49. The van der Waals surface area contributed by atoms with Crippen LogP contribution in [0.4, 0.5) is 5.69 Å². The second-order valence-corrected chi connectivity index (χ2v) is 7.70. The molecule has 1 aliphatic heterocycles. The average Bonchev–Trinajstić information content (AvgIpc) is 2.74. The fourth-order valence-electron chi connectivity index (χ4n) is 3.19. The number of hydrogen-bond acceptors (Lipinski definition) is 8. The fraction of sp³-hybridized carbons (Fsp3) is 0.364. The van der Waals surface area contributed by atoms with Crippen molar-refractivity contribution in [3.05, 3.63) is 50.8 Å². The van der Waals surface area contributed by atoms with Crippen LogP contribution in [0.25, 0.3) is 0 Å². The lowest BCUT2D eigenvalue weighted by Crippen LogP contribution is -2.39. The summed E-state index contributed by atoms with van der Waals surface area (Å²) >= 11 is 11.9. The van der Waals surface area contributed by atoms with Crippen molar-refractivity contribution in [1.29, 1.82) is 0 Å². The molecular formula is C22H24Cl2N2O7. The van der Waals surface area contributed by atoms with Gasteiger partial charge in [0.1, 0.15) is 5.92 Å². The van der Waals surface area contributed by atoms with Gasteiger partial charge in [0.15, 0.2) is 6.61 Å². The molecule has 1 heterocycles. The van der Waals surface area contributed by atoms with E-state index in [1.807, 2.05) is 0 Å². The molecule has 178 valence electrons. The van der Waals surface area contributed by atoms with Crippen LogP contribution in [0.3, 0.4) is 0 Å². The average molecular weight is 499 g/mol. The Hall–Kier alpha value is -3.04. The van der Waals surface area contributed by atoms with Crippen LogP contribution < -0.4 is 10.6 Å². The molecule has 0 atom stereocenters. The number of amides is 1. The maximum atomic E-state index is 13.0. The minimum absolute atomic E-state index is 0.0532. The number of ether oxygens (including phenoxy) is 3. The summed E-state index contributed by atoms with van der Waals surface area (Å²) in [5, 5.41) is 5.97. The molecule has 0 bridgehead atoms. The number of dihydropyridines is 1. The Morgan fingerprint density at radius 3 is 2.00 bits per heavy atom. The molecule has 1 aromatic carbocycles. The Morgan fingerprint density at radius 1 is 0.939 bits per heavy atom. The van der Waals surface area contributed by atoms with Gasteiger partial charge in [-0.25, -0.2) is 9.59 Å². The molecule has 1 aliphatic rings. The number of benzene rings is 1. The predicted molar refractivity (Wildman–Crippen MR) is 121 cm³/mol. The molecule has 2 N–H and O–H groups in total. The lowest BCUT2D eigenvalue weighted by Gasteiger charge is -2.28. The SMILES string of the molecule is CCOC(=O)C1=C(C)NC(C)=C(C(=O)OCC)C1C(=O)OCC(=O)Nc1cc(Cl)ccc1Cl. The predicted octanol–water partition coefficient (Wildman–Crippen LogP) is 3.37. The lowest BCUT2D eigenvalue weighted by atomic mass is 9.85. The highest BCUT2D eigenvalue weighted by Crippen LogP contribution is 2.32. The lowest BCUT2D eigenvalue weighted by molar-refractivity contribution is -0.153. The van der Waals surface area contributed by atoms with Crippen molar-refractivity contribution in [2.45, 2.75) is 27.7 Å². The van der Waals surface area contributed by atoms with Gasteiger partial charge in [0.05, 0.1) is 35.1 Å². The third-order valence-electron chi connectivity index (χ3n) is 4.53. The largest absolute Gasteiger partial charge is 0.463 e. The van der Waals surface area contributed by atoms with E-state index in [4.69, 9.17) is 37.4 Å². The van der Waals surface area contributed by atoms with Crippen LogP contribution in [-0.4, -0.2) is 43.6 Å². The Balaban J connectivity index is 2.27. The van der Waals surface area contributed by atoms with E-state index in [-0.39, 0.29) is 35.1 Å². The van der Waals surface area contributed by atoms with Crippen LogP contribution in [0.15, 0.2) is 40.7 Å². The smallest absolute Gasteiger partial charge is 0.337 e. The maximum Gasteiger partial charge on any atom is 0.337 e. The normalized spacial score (nSPS) is 13.9. The van der Waals surface area contributed by atoms with Gasteiger partial charge in [-0.3, -0.25) is 9.59 Å². The first-order valence-electron chi connectivity index (χ1n) is 10.0. The number of esters is 3. The highest BCUT2D eigenvalue weighted by Gasteiger charge is 2.42. The third kappa shape index (κ3) is 6.49. The zero-order valence-corrected chi connectivity index (χ0v) is 20.1. The van der Waals surface area contributed by atoms with Crippen molar-refractivity contribution in [3.8, 4) is 0 Å². The standard InChI is InChI=1S/C22H24Cl2N2O7/c1-5-31-20(28)17-11(3)25-12(4)18(21(29)32-6-2)19(17)22(30)33-10-16(27)26-15-9-13(23)7-8-14(15)24/h7-9,19,25H,5-6,10H2,1-4H3,(H,26,27). The molecule has 33 heavy (non-hydrogen) atoms. The first kappa shape index (κ1) is 26.2. The maximum absolute atomic E-state index is 13.0. The molecule has 0 saturated heterocycles. The zero-order chi connectivity index (χ0) is 24.7. The summed E-state index contributed by atoms with van der Waals surface area (Å²) < 4.78 is 15.3. The zero-order valence-electron chi connectivity index (χ0n) is 18.5. The minimum Gasteiger partial charge on any atom is -0.463 e. The molecule has 0 unspecified atom stereocenters. The number of halogens is 2. The van der Waals surface area contributed by atoms with Gasteiger partial charge in [0.25, 0.3) is 5.91 Å². The van der Waals surface area contributed by atoms with Crippen LogP contribution in [0, 0.1) is 5.92 Å². The molecule has 11 heteroatoms. The van der Waals surface area contributed by atoms with Crippen LogP contribution in [0.1, 0.15) is 27.7 Å². The second kappa shape index (κ2) is 11.7. The molecule has 0 spiro atoms. The van der Waals surface area contributed by atoms with E-state index in [0.29, 0.717) is 16.4 Å². The first-order valence-corrected chi connectivity index (χ1v) is 10.8. The molecule has 1 aromatic rings. The van der Waals surface area contributed by atoms with Crippen molar-refractivity contribution < 1.29 is 33.4 Å². The van der Waals surface area contributed by atoms with E-state index in [2.05, 4.69) is 10.6 Å². The Morgan fingerprint density at radius 2 is 1.48 bits per heavy atom. The number of hydrogen-bond donors (Lipinski definition) is 2. The highest BCUT2D eigenvalue weighted by atomic mass is 35.5. The van der Waals surface area contributed by atoms with Crippen LogP contribution in [0.2, 0.25) is 10.0 Å². The number of allylic oxidation sites excluding steroid dienone is 2. The number of carbonyl (C=O) groups excluding carboxylic acids is 4. The first-order chi connectivity index (χ1) is 15.6. The van der Waals surface area contributed by atoms with Crippen molar-refractivity contribution in [3.63, 3.8) is 0 Å². The van der Waals surface area contributed by atoms with Crippen LogP contribution in [-0.2, 0) is 33.4 Å². The summed E-state index contributed by atoms with van der Waals surface area (Å²) in [7, 11) is 0. The highest BCUT2D eigenvalue weighted by molar-refractivity contribution is 6.35. The summed E-state index contributed by atoms with van der Waals surface area (Å²) in [5.41, 5.74) is 0.660. The van der Waals surface area contributed by atoms with Gasteiger partial charge in [0, 0.05) is 16.4 Å². The summed E-state index contributed by atoms with van der Waals surface area (Å²) in [6.45, 7) is 5.74. The van der Waals surface area contributed by atoms with Gasteiger partial charge < -0.3 is 24.8 Å². The van der Waals surface area contributed by atoms with Gasteiger partial charge in [0.2, 0.25) is 0 Å². The fourth-order valence-corrected chi connectivity index (χ4v) is 3.53. The monoisotopic (exact) mass is 498 g/mol. The Kier molecular flexibility index (Phi) is 9.31. The van der Waals surface area contributed by atoms with E-state index in [9.17, 15) is 19.2 Å². The van der Waals surface area contributed by atoms with Gasteiger partial charge >= 0.3 is 17.9 Å². The Labute approximate surface area is 201 Å². The number of rotatable bonds is 8.